The first-order chi connectivity index (χ1) is 13.5. The van der Waals surface area contributed by atoms with Crippen molar-refractivity contribution in [2.24, 2.45) is 0 Å². The Hall–Kier alpha value is -2.67. The molecule has 7 heteroatoms. The van der Waals surface area contributed by atoms with Gasteiger partial charge in [0.15, 0.2) is 5.78 Å². The molecule has 1 amide bonds. The van der Waals surface area contributed by atoms with Crippen LogP contribution < -0.4 is 9.62 Å². The quantitative estimate of drug-likeness (QED) is 0.667. The van der Waals surface area contributed by atoms with Gasteiger partial charge in [0.1, 0.15) is 6.54 Å². The first kappa shape index (κ1) is 22.6. The summed E-state index contributed by atoms with van der Waals surface area (Å²) in [4.78, 5) is 24.4. The number of aryl methyl sites for hydroxylation is 2. The summed E-state index contributed by atoms with van der Waals surface area (Å²) in [5, 5.41) is 2.94. The zero-order valence-electron chi connectivity index (χ0n) is 17.5. The van der Waals surface area contributed by atoms with Crippen molar-refractivity contribution >= 4 is 27.4 Å². The molecular weight excluding hydrogens is 388 g/mol. The van der Waals surface area contributed by atoms with Gasteiger partial charge in [0.2, 0.25) is 15.9 Å². The number of benzene rings is 2. The number of hydrogen-bond donors (Lipinski definition) is 1. The maximum atomic E-state index is 12.7. The van der Waals surface area contributed by atoms with Crippen LogP contribution in [0.25, 0.3) is 0 Å². The topological polar surface area (TPSA) is 83.6 Å². The number of carbonyl (C=O) groups is 2. The molecular formula is C22H28N2O4S. The molecule has 0 saturated heterocycles. The van der Waals surface area contributed by atoms with Gasteiger partial charge >= 0.3 is 0 Å². The van der Waals surface area contributed by atoms with E-state index in [2.05, 4.69) is 11.4 Å². The van der Waals surface area contributed by atoms with Crippen LogP contribution in [0.4, 0.5) is 5.69 Å². The fourth-order valence-electron chi connectivity index (χ4n) is 3.27. The van der Waals surface area contributed by atoms with Crippen molar-refractivity contribution in [2.75, 3.05) is 17.1 Å². The first-order valence-corrected chi connectivity index (χ1v) is 11.3. The van der Waals surface area contributed by atoms with Crippen molar-refractivity contribution in [3.8, 4) is 0 Å². The number of sulfonamides is 1. The lowest BCUT2D eigenvalue weighted by Crippen LogP contribution is -2.41. The molecule has 0 radical (unpaired) electrons. The standard InChI is InChI=1S/C22H28N2O4S/c1-6-21(20-11-10-15(2)12-16(20)3)23-22(26)14-24(29(5,27)28)19-9-7-8-18(13-19)17(4)25/h7-13,21H,6,14H2,1-5H3,(H,23,26). The largest absolute Gasteiger partial charge is 0.348 e. The molecule has 1 atom stereocenters. The SMILES string of the molecule is CCC(NC(=O)CN(c1cccc(C(C)=O)c1)S(C)(=O)=O)c1ccc(C)cc1C. The molecule has 0 spiro atoms. The molecule has 0 bridgehead atoms. The third kappa shape index (κ3) is 5.90. The van der Waals surface area contributed by atoms with Gasteiger partial charge in [-0.3, -0.25) is 13.9 Å². The van der Waals surface area contributed by atoms with Gasteiger partial charge < -0.3 is 5.32 Å². The van der Waals surface area contributed by atoms with Gasteiger partial charge in [-0.25, -0.2) is 8.42 Å². The van der Waals surface area contributed by atoms with Crippen LogP contribution in [0.1, 0.15) is 53.4 Å². The smallest absolute Gasteiger partial charge is 0.241 e. The molecule has 2 aromatic rings. The van der Waals surface area contributed by atoms with Crippen LogP contribution in [-0.4, -0.2) is 32.9 Å². The van der Waals surface area contributed by atoms with Gasteiger partial charge in [-0.1, -0.05) is 42.8 Å². The van der Waals surface area contributed by atoms with Gasteiger partial charge in [0, 0.05) is 5.56 Å². The highest BCUT2D eigenvalue weighted by Crippen LogP contribution is 2.23. The minimum absolute atomic E-state index is 0.175. The Balaban J connectivity index is 2.26. The molecule has 2 rings (SSSR count). The van der Waals surface area contributed by atoms with E-state index in [1.807, 2.05) is 32.9 Å². The van der Waals surface area contributed by atoms with Crippen molar-refractivity contribution in [1.82, 2.24) is 5.32 Å². The summed E-state index contributed by atoms with van der Waals surface area (Å²) in [6, 6.07) is 12.1. The lowest BCUT2D eigenvalue weighted by Gasteiger charge is -2.25. The van der Waals surface area contributed by atoms with Gasteiger partial charge in [-0.05, 0) is 50.5 Å². The maximum absolute atomic E-state index is 12.7. The van der Waals surface area contributed by atoms with Crippen LogP contribution in [0.5, 0.6) is 0 Å². The third-order valence-electron chi connectivity index (χ3n) is 4.77. The minimum atomic E-state index is -3.72. The van der Waals surface area contributed by atoms with Crippen molar-refractivity contribution < 1.29 is 18.0 Å². The Bertz CT molecular complexity index is 1020. The fourth-order valence-corrected chi connectivity index (χ4v) is 4.12. The second-order valence-electron chi connectivity index (χ2n) is 7.26. The monoisotopic (exact) mass is 416 g/mol. The highest BCUT2D eigenvalue weighted by Gasteiger charge is 2.23. The van der Waals surface area contributed by atoms with Crippen molar-refractivity contribution in [1.29, 1.82) is 0 Å². The molecule has 6 nitrogen and oxygen atoms in total. The minimum Gasteiger partial charge on any atom is -0.348 e. The number of hydrogen-bond acceptors (Lipinski definition) is 4. The Labute approximate surface area is 173 Å². The molecule has 0 aromatic heterocycles. The van der Waals surface area contributed by atoms with E-state index in [0.29, 0.717) is 12.0 Å². The first-order valence-electron chi connectivity index (χ1n) is 9.48. The highest BCUT2D eigenvalue weighted by atomic mass is 32.2. The lowest BCUT2D eigenvalue weighted by atomic mass is 9.97. The van der Waals surface area contributed by atoms with E-state index < -0.39 is 15.9 Å². The van der Waals surface area contributed by atoms with Crippen LogP contribution in [0, 0.1) is 13.8 Å². The molecule has 0 aliphatic carbocycles. The van der Waals surface area contributed by atoms with E-state index in [0.717, 1.165) is 27.3 Å². The van der Waals surface area contributed by atoms with Crippen molar-refractivity contribution in [2.45, 2.75) is 40.2 Å². The van der Waals surface area contributed by atoms with E-state index in [-0.39, 0.29) is 24.1 Å². The Morgan fingerprint density at radius 1 is 1.10 bits per heavy atom. The highest BCUT2D eigenvalue weighted by molar-refractivity contribution is 7.92. The summed E-state index contributed by atoms with van der Waals surface area (Å²) in [5.74, 6) is -0.582. The molecule has 1 unspecified atom stereocenters. The lowest BCUT2D eigenvalue weighted by molar-refractivity contribution is -0.120. The summed E-state index contributed by atoms with van der Waals surface area (Å²) in [6.45, 7) is 7.02. The zero-order chi connectivity index (χ0) is 21.8. The zero-order valence-corrected chi connectivity index (χ0v) is 18.3. The Morgan fingerprint density at radius 2 is 1.79 bits per heavy atom. The molecule has 2 aromatic carbocycles. The summed E-state index contributed by atoms with van der Waals surface area (Å²) in [5.41, 5.74) is 3.90. The molecule has 29 heavy (non-hydrogen) atoms. The average molecular weight is 417 g/mol. The normalized spacial score (nSPS) is 12.3. The maximum Gasteiger partial charge on any atom is 0.241 e. The Morgan fingerprint density at radius 3 is 2.34 bits per heavy atom. The molecule has 0 fully saturated rings. The van der Waals surface area contributed by atoms with Crippen molar-refractivity contribution in [3.05, 3.63) is 64.7 Å². The number of ketones is 1. The summed E-state index contributed by atoms with van der Waals surface area (Å²) in [7, 11) is -3.72. The van der Waals surface area contributed by atoms with E-state index in [9.17, 15) is 18.0 Å². The molecule has 0 aliphatic heterocycles. The predicted molar refractivity (Wildman–Crippen MR) is 116 cm³/mol. The van der Waals surface area contributed by atoms with Crippen LogP contribution in [0.3, 0.4) is 0 Å². The number of Topliss-reactive ketones (excluding diaryl/α,β-unsaturated/α-hetero) is 1. The number of nitrogens with one attached hydrogen (secondary N) is 1. The van der Waals surface area contributed by atoms with Crippen LogP contribution in [0.15, 0.2) is 42.5 Å². The third-order valence-corrected chi connectivity index (χ3v) is 5.91. The predicted octanol–water partition coefficient (Wildman–Crippen LogP) is 3.54. The number of amides is 1. The summed E-state index contributed by atoms with van der Waals surface area (Å²) < 4.78 is 25.7. The number of rotatable bonds is 8. The summed E-state index contributed by atoms with van der Waals surface area (Å²) in [6.07, 6.45) is 1.72. The van der Waals surface area contributed by atoms with Crippen LogP contribution in [0.2, 0.25) is 0 Å². The van der Waals surface area contributed by atoms with Crippen molar-refractivity contribution in [3.63, 3.8) is 0 Å². The molecule has 0 heterocycles. The number of nitrogens with zero attached hydrogens (tertiary/aromatic N) is 1. The van der Waals surface area contributed by atoms with Crippen LogP contribution >= 0.6 is 0 Å². The Kier molecular flexibility index (Phi) is 7.19. The second-order valence-corrected chi connectivity index (χ2v) is 9.17. The molecule has 0 saturated carbocycles. The van der Waals surface area contributed by atoms with E-state index in [1.165, 1.54) is 13.0 Å². The molecule has 0 aliphatic rings. The number of carbonyl (C=O) groups excluding carboxylic acids is 2. The van der Waals surface area contributed by atoms with Gasteiger partial charge in [0.05, 0.1) is 18.0 Å². The fraction of sp³-hybridized carbons (Fsp3) is 0.364. The summed E-state index contributed by atoms with van der Waals surface area (Å²) >= 11 is 0. The van der Waals surface area contributed by atoms with Crippen LogP contribution in [-0.2, 0) is 14.8 Å². The molecule has 1 N–H and O–H groups in total. The average Bonchev–Trinajstić information content (AvgIpc) is 2.64. The van der Waals surface area contributed by atoms with Gasteiger partial charge in [-0.15, -0.1) is 0 Å². The van der Waals surface area contributed by atoms with Gasteiger partial charge in [-0.2, -0.15) is 0 Å². The van der Waals surface area contributed by atoms with Gasteiger partial charge in [0.25, 0.3) is 0 Å². The van der Waals surface area contributed by atoms with E-state index >= 15 is 0 Å². The van der Waals surface area contributed by atoms with E-state index in [4.69, 9.17) is 0 Å². The molecule has 156 valence electrons. The number of anilines is 1. The second kappa shape index (κ2) is 9.22. The van der Waals surface area contributed by atoms with E-state index in [1.54, 1.807) is 18.2 Å².